The van der Waals surface area contributed by atoms with Crippen LogP contribution in [0.5, 0.6) is 0 Å². The number of anilines is 1. The molecule has 1 aromatic heterocycles. The highest BCUT2D eigenvalue weighted by molar-refractivity contribution is 6.02. The van der Waals surface area contributed by atoms with Crippen molar-refractivity contribution in [1.29, 1.82) is 0 Å². The van der Waals surface area contributed by atoms with Crippen LogP contribution >= 0.6 is 0 Å². The number of unbranched alkanes of at least 4 members (excludes halogenated alkanes) is 3. The Morgan fingerprint density at radius 2 is 1.80 bits per heavy atom. The average molecular weight is 547 g/mol. The predicted octanol–water partition coefficient (Wildman–Crippen LogP) is 2.07. The monoisotopic (exact) mass is 546 g/mol. The van der Waals surface area contributed by atoms with Crippen molar-refractivity contribution in [2.24, 2.45) is 11.8 Å². The Labute approximate surface area is 231 Å². The van der Waals surface area contributed by atoms with Crippen molar-refractivity contribution >= 4 is 34.4 Å². The van der Waals surface area contributed by atoms with E-state index in [4.69, 9.17) is 9.84 Å². The minimum Gasteiger partial charge on any atom is -0.396 e. The van der Waals surface area contributed by atoms with Crippen LogP contribution in [-0.4, -0.2) is 73.6 Å². The topological polar surface area (TPSA) is 139 Å². The molecule has 40 heavy (non-hydrogen) atoms. The molecule has 2 unspecified atom stereocenters. The molecule has 0 saturated carbocycles. The van der Waals surface area contributed by atoms with Crippen molar-refractivity contribution in [1.82, 2.24) is 25.2 Å². The average Bonchev–Trinajstić information content (AvgIpc) is 3.72. The maximum atomic E-state index is 14.0. The summed E-state index contributed by atoms with van der Waals surface area (Å²) < 4.78 is 8.10. The van der Waals surface area contributed by atoms with Gasteiger partial charge >= 0.3 is 0 Å². The van der Waals surface area contributed by atoms with Gasteiger partial charge < -0.3 is 25.4 Å². The van der Waals surface area contributed by atoms with Crippen LogP contribution in [0.3, 0.4) is 0 Å². The van der Waals surface area contributed by atoms with E-state index in [0.29, 0.717) is 37.9 Å². The molecule has 3 N–H and O–H groups in total. The molecule has 4 heterocycles. The summed E-state index contributed by atoms with van der Waals surface area (Å²) in [4.78, 5) is 43.0. The zero-order chi connectivity index (χ0) is 27.7. The Balaban J connectivity index is 1.25. The van der Waals surface area contributed by atoms with Crippen LogP contribution in [0.4, 0.5) is 5.69 Å². The number of likely N-dealkylation sites (tertiary alicyclic amines) is 1. The molecule has 0 aliphatic carbocycles. The number of para-hydroxylation sites is 2. The van der Waals surface area contributed by atoms with Crippen LogP contribution in [0.25, 0.3) is 11.0 Å². The normalized spacial score (nSPS) is 26.8. The van der Waals surface area contributed by atoms with Crippen LogP contribution in [0.2, 0.25) is 0 Å². The lowest BCUT2D eigenvalue weighted by atomic mass is 9.70. The molecule has 3 fully saturated rings. The summed E-state index contributed by atoms with van der Waals surface area (Å²) in [6.07, 6.45) is 3.78. The highest BCUT2D eigenvalue weighted by Gasteiger charge is 2.74. The Morgan fingerprint density at radius 1 is 1.02 bits per heavy atom. The number of rotatable bonds is 11. The van der Waals surface area contributed by atoms with Crippen molar-refractivity contribution in [2.75, 3.05) is 18.5 Å². The molecule has 3 amide bonds. The highest BCUT2D eigenvalue weighted by Crippen LogP contribution is 2.58. The SMILES string of the molecule is O=C(NCn1nnc2ccccc21)C1N(CCCCCCO)C(=O)[C@@H]2[C@@H](C(=O)Nc3ccccc3)[C@H]3CCC12O3. The Bertz CT molecular complexity index is 1400. The predicted molar refractivity (Wildman–Crippen MR) is 146 cm³/mol. The number of aliphatic hydroxyl groups is 1. The fourth-order valence-electron chi connectivity index (χ4n) is 6.77. The third-order valence-electron chi connectivity index (χ3n) is 8.52. The number of carbonyl (C=O) groups is 3. The summed E-state index contributed by atoms with van der Waals surface area (Å²) in [5, 5.41) is 23.4. The molecule has 3 aliphatic rings. The smallest absolute Gasteiger partial charge is 0.247 e. The van der Waals surface area contributed by atoms with Crippen LogP contribution in [0.15, 0.2) is 54.6 Å². The lowest BCUT2D eigenvalue weighted by molar-refractivity contribution is -0.141. The van der Waals surface area contributed by atoms with Gasteiger partial charge in [-0.25, -0.2) is 4.68 Å². The number of nitrogens with zero attached hydrogens (tertiary/aromatic N) is 4. The number of fused-ring (bicyclic) bond motifs is 2. The van der Waals surface area contributed by atoms with E-state index in [9.17, 15) is 14.4 Å². The van der Waals surface area contributed by atoms with Crippen LogP contribution in [-0.2, 0) is 25.8 Å². The van der Waals surface area contributed by atoms with Gasteiger partial charge in [0, 0.05) is 18.8 Å². The van der Waals surface area contributed by atoms with E-state index in [1.807, 2.05) is 42.5 Å². The molecule has 3 aliphatic heterocycles. The molecular weight excluding hydrogens is 512 g/mol. The van der Waals surface area contributed by atoms with E-state index in [2.05, 4.69) is 20.9 Å². The first kappa shape index (κ1) is 26.4. The zero-order valence-electron chi connectivity index (χ0n) is 22.2. The number of hydrogen-bond acceptors (Lipinski definition) is 7. The number of hydrogen-bond donors (Lipinski definition) is 3. The molecule has 11 heteroatoms. The lowest BCUT2D eigenvalue weighted by Gasteiger charge is -2.33. The van der Waals surface area contributed by atoms with Gasteiger partial charge in [-0.2, -0.15) is 0 Å². The summed E-state index contributed by atoms with van der Waals surface area (Å²) in [5.74, 6) is -2.18. The van der Waals surface area contributed by atoms with Crippen LogP contribution in [0, 0.1) is 11.8 Å². The van der Waals surface area contributed by atoms with E-state index in [-0.39, 0.29) is 31.0 Å². The van der Waals surface area contributed by atoms with Crippen molar-refractivity contribution in [3.05, 3.63) is 54.6 Å². The second-order valence-corrected chi connectivity index (χ2v) is 10.9. The summed E-state index contributed by atoms with van der Waals surface area (Å²) >= 11 is 0. The molecule has 11 nitrogen and oxygen atoms in total. The Hall–Kier alpha value is -3.83. The van der Waals surface area contributed by atoms with Gasteiger partial charge in [-0.1, -0.05) is 48.4 Å². The van der Waals surface area contributed by atoms with Crippen LogP contribution in [0.1, 0.15) is 38.5 Å². The second-order valence-electron chi connectivity index (χ2n) is 10.9. The first-order valence-corrected chi connectivity index (χ1v) is 14.0. The number of carbonyl (C=O) groups excluding carboxylic acids is 3. The van der Waals surface area contributed by atoms with Gasteiger partial charge in [-0.15, -0.1) is 5.10 Å². The van der Waals surface area contributed by atoms with E-state index in [1.54, 1.807) is 21.7 Å². The van der Waals surface area contributed by atoms with Crippen molar-refractivity contribution in [3.63, 3.8) is 0 Å². The first-order chi connectivity index (χ1) is 19.5. The van der Waals surface area contributed by atoms with Crippen LogP contribution < -0.4 is 10.6 Å². The second kappa shape index (κ2) is 11.0. The van der Waals surface area contributed by atoms with E-state index >= 15 is 0 Å². The third-order valence-corrected chi connectivity index (χ3v) is 8.52. The number of aromatic nitrogens is 3. The van der Waals surface area contributed by atoms with Gasteiger partial charge in [0.05, 0.1) is 23.5 Å². The number of benzene rings is 2. The minimum absolute atomic E-state index is 0.0937. The molecular formula is C29H34N6O5. The molecule has 2 aromatic carbocycles. The maximum absolute atomic E-state index is 14.0. The summed E-state index contributed by atoms with van der Waals surface area (Å²) in [6, 6.07) is 15.8. The standard InChI is InChI=1S/C29H34N6O5/c36-17-9-2-1-8-16-34-25(27(38)30-18-35-21-13-7-6-12-20(21)32-33-35)29-15-14-22(40-29)23(24(29)28(34)39)26(37)31-19-10-4-3-5-11-19/h3-7,10-13,22-25,36H,1-2,8-9,14-18H2,(H,30,38)(H,31,37)/t22-,23+,24+,25?,29?/m1/s1. The molecule has 5 atom stereocenters. The highest BCUT2D eigenvalue weighted by atomic mass is 16.5. The number of amides is 3. The van der Waals surface area contributed by atoms with E-state index < -0.39 is 29.6 Å². The van der Waals surface area contributed by atoms with Crippen molar-refractivity contribution in [2.45, 2.75) is 62.9 Å². The largest absolute Gasteiger partial charge is 0.396 e. The zero-order valence-corrected chi connectivity index (χ0v) is 22.2. The van der Waals surface area contributed by atoms with Gasteiger partial charge in [-0.05, 0) is 49.9 Å². The fraction of sp³-hybridized carbons (Fsp3) is 0.483. The number of ether oxygens (including phenoxy) is 1. The molecule has 6 rings (SSSR count). The van der Waals surface area contributed by atoms with Gasteiger partial charge in [0.15, 0.2) is 0 Å². The molecule has 0 radical (unpaired) electrons. The summed E-state index contributed by atoms with van der Waals surface area (Å²) in [6.45, 7) is 0.605. The molecule has 3 saturated heterocycles. The Kier molecular flexibility index (Phi) is 7.24. The van der Waals surface area contributed by atoms with Crippen molar-refractivity contribution < 1.29 is 24.2 Å². The lowest BCUT2D eigenvalue weighted by Crippen LogP contribution is -2.55. The van der Waals surface area contributed by atoms with E-state index in [0.717, 1.165) is 23.9 Å². The Morgan fingerprint density at radius 3 is 2.62 bits per heavy atom. The van der Waals surface area contributed by atoms with E-state index in [1.165, 1.54) is 0 Å². The molecule has 210 valence electrons. The number of aliphatic hydroxyl groups excluding tert-OH is 1. The third kappa shape index (κ3) is 4.52. The molecule has 1 spiro atoms. The van der Waals surface area contributed by atoms with Gasteiger partial charge in [-0.3, -0.25) is 14.4 Å². The molecule has 3 aromatic rings. The summed E-state index contributed by atoms with van der Waals surface area (Å²) in [7, 11) is 0. The van der Waals surface area contributed by atoms with Gasteiger partial charge in [0.25, 0.3) is 0 Å². The first-order valence-electron chi connectivity index (χ1n) is 14.0. The summed E-state index contributed by atoms with van der Waals surface area (Å²) in [5.41, 5.74) is 1.11. The van der Waals surface area contributed by atoms with Gasteiger partial charge in [0.2, 0.25) is 17.7 Å². The quantitative estimate of drug-likeness (QED) is 0.313. The minimum atomic E-state index is -1.06. The fourth-order valence-corrected chi connectivity index (χ4v) is 6.77. The number of nitrogens with one attached hydrogen (secondary N) is 2. The maximum Gasteiger partial charge on any atom is 0.247 e. The van der Waals surface area contributed by atoms with Gasteiger partial charge in [0.1, 0.15) is 23.8 Å². The van der Waals surface area contributed by atoms with Crippen molar-refractivity contribution in [3.8, 4) is 0 Å². The molecule has 2 bridgehead atoms.